The average molecular weight is 423 g/mol. The average Bonchev–Trinajstić information content (AvgIpc) is 3.04. The van der Waals surface area contributed by atoms with Gasteiger partial charge in [0.2, 0.25) is 0 Å². The van der Waals surface area contributed by atoms with Crippen molar-refractivity contribution < 1.29 is 28.9 Å². The van der Waals surface area contributed by atoms with Gasteiger partial charge < -0.3 is 19.3 Å². The smallest absolute Gasteiger partial charge is 0.302 e. The first-order valence-corrected chi connectivity index (χ1v) is 11.8. The van der Waals surface area contributed by atoms with Crippen LogP contribution >= 0.6 is 0 Å². The van der Waals surface area contributed by atoms with Crippen molar-refractivity contribution in [2.24, 2.45) is 34.5 Å². The van der Waals surface area contributed by atoms with Crippen molar-refractivity contribution in [3.63, 3.8) is 0 Å². The number of carbonyl (C=O) groups is 2. The summed E-state index contributed by atoms with van der Waals surface area (Å²) in [7, 11) is 0. The molecule has 1 N–H and O–H groups in total. The Morgan fingerprint density at radius 1 is 1.10 bits per heavy atom. The van der Waals surface area contributed by atoms with Gasteiger partial charge in [-0.15, -0.1) is 0 Å². The molecule has 0 aromatic carbocycles. The van der Waals surface area contributed by atoms with Crippen molar-refractivity contribution in [3.05, 3.63) is 0 Å². The number of carbonyl (C=O) groups excluding carboxylic acids is 2. The predicted octanol–water partition coefficient (Wildman–Crippen LogP) is 3.49. The molecule has 0 amide bonds. The number of aliphatic hydroxyl groups is 1. The fraction of sp³-hybridized carbons (Fsp3) is 0.917. The minimum Gasteiger partial charge on any atom is -0.463 e. The van der Waals surface area contributed by atoms with E-state index in [2.05, 4.69) is 6.92 Å². The number of ether oxygens (including phenoxy) is 3. The van der Waals surface area contributed by atoms with Crippen LogP contribution in [0.3, 0.4) is 0 Å². The summed E-state index contributed by atoms with van der Waals surface area (Å²) >= 11 is 0. The summed E-state index contributed by atoms with van der Waals surface area (Å²) in [4.78, 5) is 23.0. The second-order valence-electron chi connectivity index (χ2n) is 10.6. The third-order valence-corrected chi connectivity index (χ3v) is 9.33. The van der Waals surface area contributed by atoms with Gasteiger partial charge in [-0.1, -0.05) is 6.92 Å². The van der Waals surface area contributed by atoms with Crippen molar-refractivity contribution in [2.45, 2.75) is 91.0 Å². The monoisotopic (exact) mass is 422 g/mol. The molecule has 3 aliphatic carbocycles. The molecule has 0 spiro atoms. The van der Waals surface area contributed by atoms with Crippen LogP contribution in [0.4, 0.5) is 0 Å². The molecule has 30 heavy (non-hydrogen) atoms. The normalized spacial score (nSPS) is 46.2. The van der Waals surface area contributed by atoms with Crippen LogP contribution in [0.25, 0.3) is 0 Å². The van der Waals surface area contributed by atoms with Gasteiger partial charge in [0.15, 0.2) is 0 Å². The largest absolute Gasteiger partial charge is 0.463 e. The van der Waals surface area contributed by atoms with E-state index in [0.29, 0.717) is 30.1 Å². The predicted molar refractivity (Wildman–Crippen MR) is 110 cm³/mol. The molecule has 0 aromatic heterocycles. The van der Waals surface area contributed by atoms with Gasteiger partial charge in [-0.05, 0) is 68.6 Å². The topological polar surface area (TPSA) is 82.1 Å². The minimum atomic E-state index is -0.238. The first kappa shape index (κ1) is 22.1. The first-order chi connectivity index (χ1) is 14.2. The molecule has 1 aliphatic heterocycles. The highest BCUT2D eigenvalue weighted by Crippen LogP contribution is 2.65. The molecule has 9 atom stereocenters. The number of aliphatic hydroxyl groups excluding tert-OH is 1. The van der Waals surface area contributed by atoms with Crippen molar-refractivity contribution in [1.82, 2.24) is 0 Å². The Morgan fingerprint density at radius 2 is 1.87 bits per heavy atom. The van der Waals surface area contributed by atoms with Crippen molar-refractivity contribution in [1.29, 1.82) is 0 Å². The number of hydrogen-bond donors (Lipinski definition) is 1. The molecule has 0 aromatic rings. The Balaban J connectivity index is 1.53. The Kier molecular flexibility index (Phi) is 5.95. The SMILES string of the molecule is CC(=O)O[C@H]1CC[C@@]2(CO)[C@H](C1)OC[C@H]1[C@@H]3CC[C@H]([C@H](C)OC(C)=O)[C@@]3(C)CC[C@@H]12. The lowest BCUT2D eigenvalue weighted by Crippen LogP contribution is -2.61. The first-order valence-electron chi connectivity index (χ1n) is 11.8. The molecule has 6 nitrogen and oxygen atoms in total. The van der Waals surface area contributed by atoms with E-state index in [1.807, 2.05) is 6.92 Å². The quantitative estimate of drug-likeness (QED) is 0.699. The van der Waals surface area contributed by atoms with E-state index in [1.54, 1.807) is 0 Å². The lowest BCUT2D eigenvalue weighted by molar-refractivity contribution is -0.233. The number of fused-ring (bicyclic) bond motifs is 5. The highest BCUT2D eigenvalue weighted by Gasteiger charge is 2.63. The maximum Gasteiger partial charge on any atom is 0.302 e. The Bertz CT molecular complexity index is 679. The van der Waals surface area contributed by atoms with Crippen LogP contribution in [-0.4, -0.2) is 48.6 Å². The Labute approximate surface area is 180 Å². The molecule has 3 saturated carbocycles. The minimum absolute atomic E-state index is 0.0385. The molecule has 0 radical (unpaired) electrons. The molecule has 170 valence electrons. The third kappa shape index (κ3) is 3.48. The van der Waals surface area contributed by atoms with E-state index < -0.39 is 0 Å². The number of hydrogen-bond acceptors (Lipinski definition) is 6. The number of esters is 2. The third-order valence-electron chi connectivity index (χ3n) is 9.33. The van der Waals surface area contributed by atoms with Gasteiger partial charge in [0.05, 0.1) is 19.3 Å². The second-order valence-corrected chi connectivity index (χ2v) is 10.6. The van der Waals surface area contributed by atoms with Gasteiger partial charge in [0.1, 0.15) is 12.2 Å². The van der Waals surface area contributed by atoms with E-state index in [4.69, 9.17) is 14.2 Å². The van der Waals surface area contributed by atoms with E-state index in [-0.39, 0.29) is 47.7 Å². The summed E-state index contributed by atoms with van der Waals surface area (Å²) < 4.78 is 17.5. The fourth-order valence-corrected chi connectivity index (χ4v) is 8.10. The maximum absolute atomic E-state index is 11.5. The lowest BCUT2D eigenvalue weighted by atomic mass is 9.49. The molecule has 0 unspecified atom stereocenters. The molecule has 6 heteroatoms. The van der Waals surface area contributed by atoms with Gasteiger partial charge in [-0.25, -0.2) is 0 Å². The van der Waals surface area contributed by atoms with Crippen LogP contribution in [-0.2, 0) is 23.8 Å². The zero-order valence-corrected chi connectivity index (χ0v) is 18.9. The highest BCUT2D eigenvalue weighted by atomic mass is 16.5. The van der Waals surface area contributed by atoms with Crippen molar-refractivity contribution >= 4 is 11.9 Å². The molecule has 1 heterocycles. The van der Waals surface area contributed by atoms with Gasteiger partial charge >= 0.3 is 11.9 Å². The van der Waals surface area contributed by atoms with Crippen LogP contribution in [0, 0.1) is 34.5 Å². The zero-order valence-electron chi connectivity index (χ0n) is 18.9. The summed E-state index contributed by atoms with van der Waals surface area (Å²) in [5.74, 6) is 1.37. The molecule has 4 fully saturated rings. The standard InChI is InChI=1S/C24H38O6/c1-14(29-15(2)26)19-5-6-20-18-12-28-22-11-17(30-16(3)27)7-10-24(22,13-25)21(18)8-9-23(19,20)4/h14,17-22,25H,5-13H2,1-4H3/t14-,17-,18-,19+,20-,21-,22-,23+,24-/m0/s1. The maximum atomic E-state index is 11.5. The van der Waals surface area contributed by atoms with E-state index in [0.717, 1.165) is 45.1 Å². The highest BCUT2D eigenvalue weighted by molar-refractivity contribution is 5.66. The van der Waals surface area contributed by atoms with Crippen LogP contribution in [0.5, 0.6) is 0 Å². The number of rotatable bonds is 4. The van der Waals surface area contributed by atoms with Gasteiger partial charge in [-0.2, -0.15) is 0 Å². The second kappa shape index (κ2) is 8.09. The van der Waals surface area contributed by atoms with Gasteiger partial charge in [0, 0.05) is 31.6 Å². The summed E-state index contributed by atoms with van der Waals surface area (Å²) in [6.45, 7) is 8.25. The summed E-state index contributed by atoms with van der Waals surface area (Å²) in [5, 5.41) is 10.6. The van der Waals surface area contributed by atoms with E-state index in [1.165, 1.54) is 13.8 Å². The summed E-state index contributed by atoms with van der Waals surface area (Å²) in [6, 6.07) is 0. The molecular formula is C24H38O6. The molecule has 0 bridgehead atoms. The molecule has 4 aliphatic rings. The van der Waals surface area contributed by atoms with Crippen LogP contribution in [0.15, 0.2) is 0 Å². The van der Waals surface area contributed by atoms with Crippen LogP contribution in [0.2, 0.25) is 0 Å². The molecular weight excluding hydrogens is 384 g/mol. The zero-order chi connectivity index (χ0) is 21.7. The van der Waals surface area contributed by atoms with E-state index in [9.17, 15) is 14.7 Å². The Hall–Kier alpha value is -1.14. The van der Waals surface area contributed by atoms with Gasteiger partial charge in [0.25, 0.3) is 0 Å². The van der Waals surface area contributed by atoms with Crippen LogP contribution in [0.1, 0.15) is 72.6 Å². The van der Waals surface area contributed by atoms with Gasteiger partial charge in [-0.3, -0.25) is 9.59 Å². The summed E-state index contributed by atoms with van der Waals surface area (Å²) in [6.07, 6.45) is 6.57. The van der Waals surface area contributed by atoms with Crippen molar-refractivity contribution in [2.75, 3.05) is 13.2 Å². The molecule has 1 saturated heterocycles. The summed E-state index contributed by atoms with van der Waals surface area (Å²) in [5.41, 5.74) is -0.0711. The lowest BCUT2D eigenvalue weighted by Gasteiger charge is -2.61. The fourth-order valence-electron chi connectivity index (χ4n) is 8.10. The van der Waals surface area contributed by atoms with E-state index >= 15 is 0 Å². The van der Waals surface area contributed by atoms with Crippen LogP contribution < -0.4 is 0 Å². The Morgan fingerprint density at radius 3 is 2.53 bits per heavy atom. The molecule has 4 rings (SSSR count). The van der Waals surface area contributed by atoms with Crippen molar-refractivity contribution in [3.8, 4) is 0 Å².